The van der Waals surface area contributed by atoms with Crippen molar-refractivity contribution in [2.45, 2.75) is 20.8 Å². The van der Waals surface area contributed by atoms with Crippen LogP contribution in [-0.2, 0) is 7.05 Å². The monoisotopic (exact) mass is 418 g/mol. The second kappa shape index (κ2) is 7.76. The average molecular weight is 419 g/mol. The van der Waals surface area contributed by atoms with Gasteiger partial charge in [0.1, 0.15) is 0 Å². The Morgan fingerprint density at radius 2 is 1.80 bits per heavy atom. The van der Waals surface area contributed by atoms with Gasteiger partial charge in [0.25, 0.3) is 11.5 Å². The molecule has 6 nitrogen and oxygen atoms in total. The van der Waals surface area contributed by atoms with Gasteiger partial charge in [0.15, 0.2) is 5.13 Å². The van der Waals surface area contributed by atoms with Crippen molar-refractivity contribution < 1.29 is 4.79 Å². The molecule has 0 atom stereocenters. The summed E-state index contributed by atoms with van der Waals surface area (Å²) in [6, 6.07) is 13.4. The SMILES string of the molecule is Cc1ccc(-n2c(C)cc(-c3csc(NC(=O)c4ccn(C)c(=O)c4)n3)c2C)cc1. The van der Waals surface area contributed by atoms with Crippen molar-refractivity contribution >= 4 is 22.4 Å². The normalized spacial score (nSPS) is 10.9. The Labute approximate surface area is 178 Å². The van der Waals surface area contributed by atoms with Crippen LogP contribution in [0.2, 0.25) is 0 Å². The van der Waals surface area contributed by atoms with E-state index < -0.39 is 0 Å². The van der Waals surface area contributed by atoms with Crippen molar-refractivity contribution in [2.75, 3.05) is 5.32 Å². The minimum Gasteiger partial charge on any atom is -0.319 e. The lowest BCUT2D eigenvalue weighted by molar-refractivity contribution is 0.102. The molecule has 152 valence electrons. The number of aromatic nitrogens is 3. The van der Waals surface area contributed by atoms with Crippen LogP contribution in [0.25, 0.3) is 16.9 Å². The van der Waals surface area contributed by atoms with E-state index in [-0.39, 0.29) is 11.5 Å². The van der Waals surface area contributed by atoms with E-state index in [4.69, 9.17) is 0 Å². The van der Waals surface area contributed by atoms with Crippen LogP contribution in [-0.4, -0.2) is 20.0 Å². The molecule has 0 bridgehead atoms. The van der Waals surface area contributed by atoms with Crippen LogP contribution >= 0.6 is 11.3 Å². The summed E-state index contributed by atoms with van der Waals surface area (Å²) >= 11 is 1.36. The van der Waals surface area contributed by atoms with Gasteiger partial charge in [-0.1, -0.05) is 17.7 Å². The molecule has 4 rings (SSSR count). The van der Waals surface area contributed by atoms with Crippen LogP contribution in [0.4, 0.5) is 5.13 Å². The van der Waals surface area contributed by atoms with E-state index in [0.717, 1.165) is 28.3 Å². The van der Waals surface area contributed by atoms with Crippen molar-refractivity contribution in [3.8, 4) is 16.9 Å². The summed E-state index contributed by atoms with van der Waals surface area (Å²) in [6.07, 6.45) is 1.57. The highest BCUT2D eigenvalue weighted by molar-refractivity contribution is 7.14. The zero-order valence-corrected chi connectivity index (χ0v) is 18.1. The molecule has 0 saturated heterocycles. The van der Waals surface area contributed by atoms with Gasteiger partial charge >= 0.3 is 0 Å². The number of pyridine rings is 1. The first-order valence-corrected chi connectivity index (χ1v) is 10.4. The minimum absolute atomic E-state index is 0.231. The van der Waals surface area contributed by atoms with Crippen molar-refractivity contribution in [2.24, 2.45) is 7.05 Å². The first-order chi connectivity index (χ1) is 14.3. The smallest absolute Gasteiger partial charge is 0.257 e. The van der Waals surface area contributed by atoms with E-state index in [1.165, 1.54) is 27.5 Å². The van der Waals surface area contributed by atoms with Crippen LogP contribution in [0.5, 0.6) is 0 Å². The van der Waals surface area contributed by atoms with E-state index in [2.05, 4.69) is 66.0 Å². The number of anilines is 1. The molecule has 30 heavy (non-hydrogen) atoms. The van der Waals surface area contributed by atoms with E-state index in [1.54, 1.807) is 19.3 Å². The number of benzene rings is 1. The summed E-state index contributed by atoms with van der Waals surface area (Å²) in [7, 11) is 1.64. The van der Waals surface area contributed by atoms with Gasteiger partial charge in [0.05, 0.1) is 5.69 Å². The molecule has 3 aromatic heterocycles. The number of hydrogen-bond donors (Lipinski definition) is 1. The van der Waals surface area contributed by atoms with Crippen molar-refractivity contribution in [3.63, 3.8) is 0 Å². The minimum atomic E-state index is -0.348. The lowest BCUT2D eigenvalue weighted by Gasteiger charge is -2.10. The zero-order chi connectivity index (χ0) is 21.4. The molecule has 0 unspecified atom stereocenters. The molecule has 1 N–H and O–H groups in total. The summed E-state index contributed by atoms with van der Waals surface area (Å²) in [6.45, 7) is 6.21. The van der Waals surface area contributed by atoms with Gasteiger partial charge in [-0.05, 0) is 45.0 Å². The van der Waals surface area contributed by atoms with Gasteiger partial charge in [0.2, 0.25) is 0 Å². The number of carbonyl (C=O) groups is 1. The van der Waals surface area contributed by atoms with Crippen molar-refractivity contribution in [3.05, 3.63) is 86.9 Å². The van der Waals surface area contributed by atoms with E-state index in [9.17, 15) is 9.59 Å². The van der Waals surface area contributed by atoms with Crippen LogP contribution in [0.3, 0.4) is 0 Å². The summed E-state index contributed by atoms with van der Waals surface area (Å²) in [5.41, 5.74) is 6.45. The molecule has 1 aromatic carbocycles. The quantitative estimate of drug-likeness (QED) is 0.531. The first-order valence-electron chi connectivity index (χ1n) is 9.53. The zero-order valence-electron chi connectivity index (χ0n) is 17.3. The molecule has 0 aliphatic heterocycles. The number of carbonyl (C=O) groups excluding carboxylic acids is 1. The number of nitrogens with one attached hydrogen (secondary N) is 1. The largest absolute Gasteiger partial charge is 0.319 e. The van der Waals surface area contributed by atoms with Crippen molar-refractivity contribution in [1.29, 1.82) is 0 Å². The Hall–Kier alpha value is -3.45. The summed E-state index contributed by atoms with van der Waals surface area (Å²) in [5.74, 6) is -0.348. The Balaban J connectivity index is 1.60. The third kappa shape index (κ3) is 3.71. The lowest BCUT2D eigenvalue weighted by Crippen LogP contribution is -2.19. The Morgan fingerprint density at radius 1 is 1.07 bits per heavy atom. The molecule has 7 heteroatoms. The van der Waals surface area contributed by atoms with Crippen LogP contribution < -0.4 is 10.9 Å². The van der Waals surface area contributed by atoms with Gasteiger partial charge in [-0.3, -0.25) is 14.9 Å². The van der Waals surface area contributed by atoms with Crippen LogP contribution in [0, 0.1) is 20.8 Å². The number of nitrogens with zero attached hydrogens (tertiary/aromatic N) is 3. The maximum Gasteiger partial charge on any atom is 0.257 e. The molecule has 1 amide bonds. The standard InChI is InChI=1S/C23H22N4O2S/c1-14-5-7-18(8-6-14)27-15(2)11-19(16(27)3)20-13-30-23(24-20)25-22(29)17-9-10-26(4)21(28)12-17/h5-13H,1-4H3,(H,24,25,29). The molecule has 0 aliphatic carbocycles. The number of aryl methyl sites for hydroxylation is 3. The maximum atomic E-state index is 12.5. The second-order valence-corrected chi connectivity index (χ2v) is 8.17. The summed E-state index contributed by atoms with van der Waals surface area (Å²) < 4.78 is 3.62. The van der Waals surface area contributed by atoms with Gasteiger partial charge in [-0.2, -0.15) is 0 Å². The summed E-state index contributed by atoms with van der Waals surface area (Å²) in [5, 5.41) is 5.21. The van der Waals surface area contributed by atoms with Crippen molar-refractivity contribution in [1.82, 2.24) is 14.1 Å². The van der Waals surface area contributed by atoms with Gasteiger partial charge in [-0.15, -0.1) is 11.3 Å². The topological polar surface area (TPSA) is 68.9 Å². The fourth-order valence-corrected chi connectivity index (χ4v) is 4.13. The van der Waals surface area contributed by atoms with E-state index in [0.29, 0.717) is 10.7 Å². The molecular weight excluding hydrogens is 396 g/mol. The molecular formula is C23H22N4O2S. The third-order valence-electron chi connectivity index (χ3n) is 5.09. The Bertz CT molecular complexity index is 1300. The molecule has 0 radical (unpaired) electrons. The molecule has 0 fully saturated rings. The molecule has 3 heterocycles. The molecule has 4 aromatic rings. The lowest BCUT2D eigenvalue weighted by atomic mass is 10.2. The van der Waals surface area contributed by atoms with Gasteiger partial charge < -0.3 is 9.13 Å². The van der Waals surface area contributed by atoms with E-state index in [1.807, 2.05) is 5.38 Å². The number of amides is 1. The third-order valence-corrected chi connectivity index (χ3v) is 5.85. The molecule has 0 aliphatic rings. The van der Waals surface area contributed by atoms with Crippen LogP contribution in [0.15, 0.2) is 58.8 Å². The van der Waals surface area contributed by atoms with Gasteiger partial charge in [0, 0.05) is 52.9 Å². The maximum absolute atomic E-state index is 12.5. The molecule has 0 saturated carbocycles. The Kier molecular flexibility index (Phi) is 5.13. The van der Waals surface area contributed by atoms with Gasteiger partial charge in [-0.25, -0.2) is 4.98 Å². The highest BCUT2D eigenvalue weighted by Gasteiger charge is 2.16. The van der Waals surface area contributed by atoms with E-state index >= 15 is 0 Å². The highest BCUT2D eigenvalue weighted by atomic mass is 32.1. The highest BCUT2D eigenvalue weighted by Crippen LogP contribution is 2.31. The average Bonchev–Trinajstić information content (AvgIpc) is 3.28. The first kappa shape index (κ1) is 19.8. The summed E-state index contributed by atoms with van der Waals surface area (Å²) in [4.78, 5) is 28.8. The Morgan fingerprint density at radius 3 is 2.50 bits per heavy atom. The predicted octanol–water partition coefficient (Wildman–Crippen LogP) is 4.48. The molecule has 0 spiro atoms. The second-order valence-electron chi connectivity index (χ2n) is 7.31. The predicted molar refractivity (Wildman–Crippen MR) is 121 cm³/mol. The fourth-order valence-electron chi connectivity index (χ4n) is 3.43. The number of hydrogen-bond acceptors (Lipinski definition) is 4. The number of thiazole rings is 1. The fraction of sp³-hybridized carbons (Fsp3) is 0.174. The number of rotatable bonds is 4. The van der Waals surface area contributed by atoms with Crippen LogP contribution in [0.1, 0.15) is 27.3 Å².